The zero-order chi connectivity index (χ0) is 16.5. The Bertz CT molecular complexity index is 606. The van der Waals surface area contributed by atoms with Gasteiger partial charge in [-0.05, 0) is 24.3 Å². The van der Waals surface area contributed by atoms with Gasteiger partial charge in [-0.25, -0.2) is 13.1 Å². The smallest absolute Gasteiger partial charge is 0.241 e. The second-order valence-electron chi connectivity index (χ2n) is 4.94. The Kier molecular flexibility index (Phi) is 5.02. The highest BCUT2D eigenvalue weighted by Crippen LogP contribution is 2.22. The van der Waals surface area contributed by atoms with Crippen LogP contribution in [0.15, 0.2) is 29.2 Å². The lowest BCUT2D eigenvalue weighted by Gasteiger charge is -2.40. The zero-order valence-electron chi connectivity index (χ0n) is 11.4. The van der Waals surface area contributed by atoms with E-state index in [-0.39, 0.29) is 4.90 Å². The molecule has 124 valence electrons. The summed E-state index contributed by atoms with van der Waals surface area (Å²) in [6, 6.07) is 3.80. The number of aliphatic hydroxyl groups is 4. The minimum Gasteiger partial charge on any atom is -0.399 e. The summed E-state index contributed by atoms with van der Waals surface area (Å²) in [4.78, 5) is -0.125. The van der Waals surface area contributed by atoms with Gasteiger partial charge in [0.15, 0.2) is 6.29 Å². The van der Waals surface area contributed by atoms with Crippen LogP contribution in [0.4, 0.5) is 5.69 Å². The molecule has 1 aliphatic heterocycles. The fourth-order valence-corrected chi connectivity index (χ4v) is 3.36. The number of nitrogens with two attached hydrogens (primary N) is 1. The molecule has 1 aromatic rings. The van der Waals surface area contributed by atoms with Crippen LogP contribution in [0, 0.1) is 0 Å². The first-order chi connectivity index (χ1) is 10.3. The third-order valence-corrected chi connectivity index (χ3v) is 4.86. The van der Waals surface area contributed by atoms with Gasteiger partial charge in [-0.15, -0.1) is 0 Å². The molecular formula is C12H18N2O7S. The maximum absolute atomic E-state index is 12.2. The van der Waals surface area contributed by atoms with Crippen molar-refractivity contribution in [1.82, 2.24) is 4.72 Å². The highest BCUT2D eigenvalue weighted by molar-refractivity contribution is 7.89. The second-order valence-corrected chi connectivity index (χ2v) is 6.66. The molecule has 9 nitrogen and oxygen atoms in total. The van der Waals surface area contributed by atoms with E-state index in [2.05, 4.69) is 4.72 Å². The highest BCUT2D eigenvalue weighted by Gasteiger charge is 2.45. The van der Waals surface area contributed by atoms with Gasteiger partial charge in [-0.2, -0.15) is 0 Å². The van der Waals surface area contributed by atoms with Crippen LogP contribution in [-0.2, 0) is 14.8 Å². The number of benzene rings is 1. The average molecular weight is 334 g/mol. The lowest BCUT2D eigenvalue weighted by Crippen LogP contribution is -2.64. The second kappa shape index (κ2) is 6.46. The number of sulfonamides is 1. The van der Waals surface area contributed by atoms with Crippen molar-refractivity contribution in [3.63, 3.8) is 0 Å². The fourth-order valence-electron chi connectivity index (χ4n) is 2.12. The number of ether oxygens (including phenoxy) is 1. The van der Waals surface area contributed by atoms with Gasteiger partial charge in [-0.1, -0.05) is 0 Å². The third-order valence-electron chi connectivity index (χ3n) is 3.38. The van der Waals surface area contributed by atoms with Crippen LogP contribution in [0.5, 0.6) is 0 Å². The van der Waals surface area contributed by atoms with Gasteiger partial charge in [0.25, 0.3) is 0 Å². The fraction of sp³-hybridized carbons (Fsp3) is 0.500. The van der Waals surface area contributed by atoms with Gasteiger partial charge in [-0.3, -0.25) is 0 Å². The summed E-state index contributed by atoms with van der Waals surface area (Å²) in [7, 11) is -4.07. The molecule has 5 unspecified atom stereocenters. The van der Waals surface area contributed by atoms with E-state index in [4.69, 9.17) is 15.6 Å². The van der Waals surface area contributed by atoms with Gasteiger partial charge in [0.2, 0.25) is 10.0 Å². The van der Waals surface area contributed by atoms with E-state index in [0.717, 1.165) is 0 Å². The molecule has 1 aromatic carbocycles. The molecule has 0 bridgehead atoms. The van der Waals surface area contributed by atoms with Crippen LogP contribution < -0.4 is 10.5 Å². The summed E-state index contributed by atoms with van der Waals surface area (Å²) >= 11 is 0. The Morgan fingerprint density at radius 1 is 1.14 bits per heavy atom. The minimum atomic E-state index is -4.07. The van der Waals surface area contributed by atoms with Gasteiger partial charge < -0.3 is 30.9 Å². The van der Waals surface area contributed by atoms with E-state index in [1.165, 1.54) is 24.3 Å². The monoisotopic (exact) mass is 334 g/mol. The SMILES string of the molecule is Nc1ccc(S(=O)(=O)NC2C(O)OC(CO)C(O)C2O)cc1. The van der Waals surface area contributed by atoms with E-state index in [1.807, 2.05) is 0 Å². The molecule has 2 rings (SSSR count). The van der Waals surface area contributed by atoms with Crippen molar-refractivity contribution < 1.29 is 33.6 Å². The van der Waals surface area contributed by atoms with E-state index in [1.54, 1.807) is 0 Å². The number of rotatable bonds is 4. The van der Waals surface area contributed by atoms with E-state index < -0.39 is 47.3 Å². The van der Waals surface area contributed by atoms with Gasteiger partial charge in [0.05, 0.1) is 11.5 Å². The minimum absolute atomic E-state index is 0.125. The average Bonchev–Trinajstić information content (AvgIpc) is 2.48. The third kappa shape index (κ3) is 3.38. The van der Waals surface area contributed by atoms with E-state index in [9.17, 15) is 23.7 Å². The Morgan fingerprint density at radius 3 is 2.27 bits per heavy atom. The predicted molar refractivity (Wildman–Crippen MR) is 74.9 cm³/mol. The molecule has 0 amide bonds. The molecule has 5 atom stereocenters. The zero-order valence-corrected chi connectivity index (χ0v) is 12.2. The van der Waals surface area contributed by atoms with Crippen LogP contribution >= 0.6 is 0 Å². The van der Waals surface area contributed by atoms with Crippen LogP contribution in [0.2, 0.25) is 0 Å². The molecule has 0 spiro atoms. The molecule has 0 aromatic heterocycles. The maximum atomic E-state index is 12.2. The Balaban J connectivity index is 2.20. The predicted octanol–water partition coefficient (Wildman–Crippen LogP) is -2.65. The van der Waals surface area contributed by atoms with Crippen molar-refractivity contribution in [2.45, 2.75) is 35.5 Å². The van der Waals surface area contributed by atoms with Crippen molar-refractivity contribution >= 4 is 15.7 Å². The topological polar surface area (TPSA) is 162 Å². The van der Waals surface area contributed by atoms with Crippen LogP contribution in [0.1, 0.15) is 0 Å². The molecule has 1 fully saturated rings. The quantitative estimate of drug-likeness (QED) is 0.325. The highest BCUT2D eigenvalue weighted by atomic mass is 32.2. The first kappa shape index (κ1) is 17.1. The Hall–Kier alpha value is -1.27. The van der Waals surface area contributed by atoms with Crippen LogP contribution in [0.25, 0.3) is 0 Å². The molecule has 7 N–H and O–H groups in total. The number of hydrogen-bond acceptors (Lipinski definition) is 8. The summed E-state index contributed by atoms with van der Waals surface area (Å²) < 4.78 is 31.4. The van der Waals surface area contributed by atoms with Gasteiger partial charge in [0, 0.05) is 5.69 Å². The van der Waals surface area contributed by atoms with Crippen molar-refractivity contribution in [2.24, 2.45) is 0 Å². The molecule has 1 heterocycles. The van der Waals surface area contributed by atoms with E-state index >= 15 is 0 Å². The summed E-state index contributed by atoms with van der Waals surface area (Å²) in [6.45, 7) is -0.632. The Morgan fingerprint density at radius 2 is 1.73 bits per heavy atom. The molecule has 0 saturated carbocycles. The molecule has 10 heteroatoms. The maximum Gasteiger partial charge on any atom is 0.241 e. The lowest BCUT2D eigenvalue weighted by molar-refractivity contribution is -0.251. The van der Waals surface area contributed by atoms with Crippen LogP contribution in [0.3, 0.4) is 0 Å². The molecule has 1 aliphatic rings. The summed E-state index contributed by atoms with van der Waals surface area (Å²) in [6.07, 6.45) is -6.13. The largest absolute Gasteiger partial charge is 0.399 e. The first-order valence-electron chi connectivity index (χ1n) is 6.44. The normalized spacial score (nSPS) is 32.8. The summed E-state index contributed by atoms with van der Waals surface area (Å²) in [5.41, 5.74) is 5.85. The molecular weight excluding hydrogens is 316 g/mol. The van der Waals surface area contributed by atoms with E-state index in [0.29, 0.717) is 5.69 Å². The molecule has 1 saturated heterocycles. The van der Waals surface area contributed by atoms with Gasteiger partial charge in [0.1, 0.15) is 24.4 Å². The number of hydrogen-bond donors (Lipinski definition) is 6. The molecule has 0 aliphatic carbocycles. The lowest BCUT2D eigenvalue weighted by atomic mass is 9.98. The number of anilines is 1. The van der Waals surface area contributed by atoms with Crippen molar-refractivity contribution in [1.29, 1.82) is 0 Å². The standard InChI is InChI=1S/C12H18N2O7S/c13-6-1-3-7(4-2-6)22(19,20)14-9-11(17)10(16)8(5-15)21-12(9)18/h1-4,8-12,14-18H,5,13H2. The number of nitrogen functional groups attached to an aromatic ring is 1. The first-order valence-corrected chi connectivity index (χ1v) is 7.93. The van der Waals surface area contributed by atoms with Crippen molar-refractivity contribution in [2.75, 3.05) is 12.3 Å². The Labute approximate surface area is 127 Å². The molecule has 0 radical (unpaired) electrons. The van der Waals surface area contributed by atoms with Gasteiger partial charge >= 0.3 is 0 Å². The van der Waals surface area contributed by atoms with Crippen molar-refractivity contribution in [3.05, 3.63) is 24.3 Å². The summed E-state index contributed by atoms with van der Waals surface area (Å²) in [5, 5.41) is 38.4. The number of nitrogens with one attached hydrogen (secondary N) is 1. The van der Waals surface area contributed by atoms with Crippen LogP contribution in [-0.4, -0.2) is 66.1 Å². The molecule has 22 heavy (non-hydrogen) atoms. The number of aliphatic hydroxyl groups excluding tert-OH is 4. The van der Waals surface area contributed by atoms with Crippen molar-refractivity contribution in [3.8, 4) is 0 Å². The summed E-state index contributed by atoms with van der Waals surface area (Å²) in [5.74, 6) is 0.